The molecule has 0 saturated heterocycles. The summed E-state index contributed by atoms with van der Waals surface area (Å²) in [7, 11) is -3.16. The number of aromatic nitrogens is 4. The maximum absolute atomic E-state index is 12.3. The summed E-state index contributed by atoms with van der Waals surface area (Å²) in [6, 6.07) is 2.01. The Balaban J connectivity index is 1.31. The standard InChI is InChI=1S/C20H25N5O2S/c26-28(27,24-9-13-1-2-13)12-14-3-5-15(6-4-14)19-18-16(11-23-25-19)10-22-20-17(18)7-8-21-20/h7-8,10-11,13-15,24-25H,1-6,9,12H2. The molecule has 148 valence electrons. The monoisotopic (exact) mass is 399 g/mol. The van der Waals surface area contributed by atoms with Crippen LogP contribution in [0.5, 0.6) is 0 Å². The average Bonchev–Trinajstić information content (AvgIpc) is 3.41. The predicted octanol–water partition coefficient (Wildman–Crippen LogP) is 3.11. The lowest BCUT2D eigenvalue weighted by Gasteiger charge is -2.29. The van der Waals surface area contributed by atoms with Gasteiger partial charge in [0.1, 0.15) is 0 Å². The van der Waals surface area contributed by atoms with E-state index in [4.69, 9.17) is 0 Å². The van der Waals surface area contributed by atoms with E-state index in [1.807, 2.05) is 18.5 Å². The first kappa shape index (κ1) is 18.0. The van der Waals surface area contributed by atoms with E-state index in [0.29, 0.717) is 18.4 Å². The highest BCUT2D eigenvalue weighted by Gasteiger charge is 2.29. The van der Waals surface area contributed by atoms with Crippen molar-refractivity contribution in [2.75, 3.05) is 12.3 Å². The molecule has 2 fully saturated rings. The molecule has 28 heavy (non-hydrogen) atoms. The molecule has 0 unspecified atom stereocenters. The van der Waals surface area contributed by atoms with Crippen molar-refractivity contribution in [2.24, 2.45) is 11.8 Å². The number of nitrogens with zero attached hydrogens (tertiary/aromatic N) is 3. The van der Waals surface area contributed by atoms with E-state index in [-0.39, 0.29) is 11.7 Å². The molecule has 2 saturated carbocycles. The number of pyridine rings is 1. The van der Waals surface area contributed by atoms with Gasteiger partial charge >= 0.3 is 0 Å². The molecule has 3 aromatic heterocycles. The van der Waals surface area contributed by atoms with Crippen LogP contribution in [0.1, 0.15) is 50.1 Å². The van der Waals surface area contributed by atoms with E-state index >= 15 is 0 Å². The summed E-state index contributed by atoms with van der Waals surface area (Å²) in [5, 5.41) is 10.8. The van der Waals surface area contributed by atoms with E-state index in [0.717, 1.165) is 66.0 Å². The molecule has 0 aromatic carbocycles. The van der Waals surface area contributed by atoms with Crippen molar-refractivity contribution >= 4 is 31.8 Å². The fraction of sp³-hybridized carbons (Fsp3) is 0.550. The van der Waals surface area contributed by atoms with Crippen LogP contribution < -0.4 is 4.72 Å². The van der Waals surface area contributed by atoms with Crippen molar-refractivity contribution < 1.29 is 8.42 Å². The minimum Gasteiger partial charge on any atom is -0.282 e. The van der Waals surface area contributed by atoms with Gasteiger partial charge in [0.2, 0.25) is 10.0 Å². The lowest BCUT2D eigenvalue weighted by atomic mass is 9.80. The van der Waals surface area contributed by atoms with Crippen molar-refractivity contribution in [3.63, 3.8) is 0 Å². The third-order valence-electron chi connectivity index (χ3n) is 6.22. The van der Waals surface area contributed by atoms with E-state index in [2.05, 4.69) is 24.9 Å². The lowest BCUT2D eigenvalue weighted by Crippen LogP contribution is -2.32. The largest absolute Gasteiger partial charge is 0.282 e. The van der Waals surface area contributed by atoms with Gasteiger partial charge in [-0.2, -0.15) is 5.10 Å². The smallest absolute Gasteiger partial charge is 0.211 e. The zero-order valence-electron chi connectivity index (χ0n) is 15.8. The van der Waals surface area contributed by atoms with E-state index in [1.165, 1.54) is 0 Å². The quantitative estimate of drug-likeness (QED) is 0.663. The minimum atomic E-state index is -3.16. The van der Waals surface area contributed by atoms with Gasteiger partial charge < -0.3 is 0 Å². The molecular weight excluding hydrogens is 374 g/mol. The van der Waals surface area contributed by atoms with Crippen LogP contribution in [0.15, 0.2) is 24.7 Å². The van der Waals surface area contributed by atoms with E-state index < -0.39 is 10.0 Å². The molecule has 0 radical (unpaired) electrons. The topological polar surface area (TPSA) is 101 Å². The van der Waals surface area contributed by atoms with Crippen LogP contribution in [0.4, 0.5) is 0 Å². The zero-order chi connectivity index (χ0) is 19.1. The summed E-state index contributed by atoms with van der Waals surface area (Å²) in [6.45, 7) is 0.617. The first-order valence-electron chi connectivity index (χ1n) is 10.1. The predicted molar refractivity (Wildman–Crippen MR) is 108 cm³/mol. The second-order valence-electron chi connectivity index (χ2n) is 8.35. The summed E-state index contributed by atoms with van der Waals surface area (Å²) < 4.78 is 27.5. The van der Waals surface area contributed by atoms with Gasteiger partial charge in [-0.3, -0.25) is 5.10 Å². The van der Waals surface area contributed by atoms with Gasteiger partial charge in [0.25, 0.3) is 0 Å². The number of aromatic amines is 1. The van der Waals surface area contributed by atoms with Crippen molar-refractivity contribution in [3.05, 3.63) is 30.4 Å². The van der Waals surface area contributed by atoms with Crippen molar-refractivity contribution in [1.82, 2.24) is 24.9 Å². The second kappa shape index (κ2) is 7.08. The third-order valence-corrected chi connectivity index (χ3v) is 7.74. The van der Waals surface area contributed by atoms with Crippen LogP contribution in [0, 0.1) is 11.8 Å². The van der Waals surface area contributed by atoms with Crippen LogP contribution in [0.25, 0.3) is 21.8 Å². The van der Waals surface area contributed by atoms with Crippen LogP contribution in [0.3, 0.4) is 0 Å². The first-order valence-corrected chi connectivity index (χ1v) is 11.8. The zero-order valence-corrected chi connectivity index (χ0v) is 16.6. The molecule has 2 N–H and O–H groups in total. The number of sulfonamides is 1. The Kier molecular flexibility index (Phi) is 4.55. The summed E-state index contributed by atoms with van der Waals surface area (Å²) in [5.41, 5.74) is 1.89. The highest BCUT2D eigenvalue weighted by atomic mass is 32.2. The Bertz CT molecular complexity index is 1100. The van der Waals surface area contributed by atoms with Gasteiger partial charge in [-0.15, -0.1) is 0 Å². The summed E-state index contributed by atoms with van der Waals surface area (Å²) in [4.78, 5) is 8.73. The molecule has 2 aliphatic carbocycles. The average molecular weight is 400 g/mol. The molecule has 0 amide bonds. The third kappa shape index (κ3) is 3.63. The normalized spacial score (nSPS) is 23.4. The van der Waals surface area contributed by atoms with E-state index in [1.54, 1.807) is 6.20 Å². The number of H-pyrrole nitrogens is 1. The van der Waals surface area contributed by atoms with Crippen LogP contribution in [0.2, 0.25) is 0 Å². The molecular formula is C20H25N5O2S. The maximum atomic E-state index is 12.3. The number of nitrogens with one attached hydrogen (secondary N) is 2. The molecule has 3 aromatic rings. The highest BCUT2D eigenvalue weighted by Crippen LogP contribution is 2.39. The van der Waals surface area contributed by atoms with Gasteiger partial charge in [0.05, 0.1) is 11.9 Å². The Hall–Kier alpha value is -2.06. The Labute approximate surface area is 164 Å². The number of fused-ring (bicyclic) bond motifs is 3. The molecule has 0 atom stereocenters. The van der Waals surface area contributed by atoms with Gasteiger partial charge in [0, 0.05) is 46.7 Å². The molecule has 0 aliphatic heterocycles. The van der Waals surface area contributed by atoms with Crippen molar-refractivity contribution in [1.29, 1.82) is 0 Å². The summed E-state index contributed by atoms with van der Waals surface area (Å²) in [6.07, 6.45) is 11.5. The lowest BCUT2D eigenvalue weighted by molar-refractivity contribution is 0.344. The van der Waals surface area contributed by atoms with Crippen molar-refractivity contribution in [3.8, 4) is 0 Å². The SMILES string of the molecule is O=S(=O)(CC1CCC(c2[nH]ncc3cnc4nccc4c23)CC1)NCC1CC1. The molecule has 2 aliphatic rings. The van der Waals surface area contributed by atoms with Gasteiger partial charge in [-0.1, -0.05) is 0 Å². The summed E-state index contributed by atoms with van der Waals surface area (Å²) >= 11 is 0. The Morgan fingerprint density at radius 2 is 1.82 bits per heavy atom. The fourth-order valence-electron chi connectivity index (χ4n) is 4.45. The molecule has 8 heteroatoms. The number of hydrogen-bond acceptors (Lipinski definition) is 5. The summed E-state index contributed by atoms with van der Waals surface area (Å²) in [5.74, 6) is 1.41. The highest BCUT2D eigenvalue weighted by molar-refractivity contribution is 7.89. The van der Waals surface area contributed by atoms with Crippen LogP contribution >= 0.6 is 0 Å². The number of rotatable bonds is 6. The fourth-order valence-corrected chi connectivity index (χ4v) is 6.01. The Morgan fingerprint density at radius 1 is 1.04 bits per heavy atom. The van der Waals surface area contributed by atoms with Crippen LogP contribution in [-0.2, 0) is 10.0 Å². The molecule has 7 nitrogen and oxygen atoms in total. The number of hydrogen-bond donors (Lipinski definition) is 2. The van der Waals surface area contributed by atoms with Gasteiger partial charge in [-0.05, 0) is 56.4 Å². The van der Waals surface area contributed by atoms with Crippen LogP contribution in [-0.4, -0.2) is 40.9 Å². The molecule has 3 heterocycles. The molecule has 0 spiro atoms. The Morgan fingerprint density at radius 3 is 2.61 bits per heavy atom. The minimum absolute atomic E-state index is 0.234. The van der Waals surface area contributed by atoms with Gasteiger partial charge in [0.15, 0.2) is 5.65 Å². The van der Waals surface area contributed by atoms with Crippen molar-refractivity contribution in [2.45, 2.75) is 44.4 Å². The molecule has 5 rings (SSSR count). The van der Waals surface area contributed by atoms with Gasteiger partial charge in [-0.25, -0.2) is 23.1 Å². The molecule has 0 bridgehead atoms. The maximum Gasteiger partial charge on any atom is 0.211 e. The first-order chi connectivity index (χ1) is 13.6. The second-order valence-corrected chi connectivity index (χ2v) is 10.2. The van der Waals surface area contributed by atoms with E-state index in [9.17, 15) is 8.42 Å².